The molecule has 0 spiro atoms. The predicted molar refractivity (Wildman–Crippen MR) is 11.5 cm³/mol. The minimum absolute atomic E-state index is 0. The summed E-state index contributed by atoms with van der Waals surface area (Å²) in [5.74, 6) is 0. The van der Waals surface area contributed by atoms with E-state index in [1.165, 1.54) is 0 Å². The average Bonchev–Trinajstić information content (AvgIpc) is 1.35. The zero-order chi connectivity index (χ0) is 5.21. The van der Waals surface area contributed by atoms with Crippen molar-refractivity contribution >= 4 is 0 Å². The third kappa shape index (κ3) is 10.7. The van der Waals surface area contributed by atoms with E-state index in [-0.39, 0.29) is 22.4 Å². The van der Waals surface area contributed by atoms with Gasteiger partial charge in [-0.3, -0.25) is 0 Å². The van der Waals surface area contributed by atoms with Crippen LogP contribution in [-0.4, -0.2) is 6.18 Å². The average molecular weight is 298 g/mol. The van der Waals surface area contributed by atoms with Gasteiger partial charge in [0.1, 0.15) is 0 Å². The minimum Gasteiger partial charge on any atom is -0.451 e. The van der Waals surface area contributed by atoms with Gasteiger partial charge in [-0.05, 0) is 0 Å². The first-order valence-electron chi connectivity index (χ1n) is 1.07. The second-order valence-corrected chi connectivity index (χ2v) is 0.651. The SMILES string of the molecule is F[CH-]C(F)(F)F.[Au+]. The summed E-state index contributed by atoms with van der Waals surface area (Å²) < 4.78 is 41.3. The van der Waals surface area contributed by atoms with Gasteiger partial charge in [0.05, 0.1) is 0 Å². The van der Waals surface area contributed by atoms with Crippen LogP contribution in [0.15, 0.2) is 0 Å². The van der Waals surface area contributed by atoms with E-state index in [1.807, 2.05) is 0 Å². The Kier molecular flexibility index (Phi) is 5.16. The van der Waals surface area contributed by atoms with Gasteiger partial charge in [-0.15, -0.1) is 0 Å². The molecule has 0 nitrogen and oxygen atoms in total. The van der Waals surface area contributed by atoms with Crippen molar-refractivity contribution in [1.29, 1.82) is 0 Å². The Morgan fingerprint density at radius 2 is 1.29 bits per heavy atom. The normalized spacial score (nSPS) is 10.3. The Morgan fingerprint density at radius 3 is 1.29 bits per heavy atom. The molecule has 0 saturated carbocycles. The Hall–Kier alpha value is 0.460. The van der Waals surface area contributed by atoms with Crippen molar-refractivity contribution in [3.05, 3.63) is 6.67 Å². The van der Waals surface area contributed by atoms with Crippen LogP contribution in [0, 0.1) is 6.67 Å². The maximum atomic E-state index is 10.4. The first-order valence-corrected chi connectivity index (χ1v) is 1.07. The van der Waals surface area contributed by atoms with Gasteiger partial charge in [-0.1, -0.05) is 6.67 Å². The molecule has 0 N–H and O–H groups in total. The van der Waals surface area contributed by atoms with Crippen LogP contribution in [0.3, 0.4) is 0 Å². The molecule has 0 unspecified atom stereocenters. The van der Waals surface area contributed by atoms with Crippen LogP contribution >= 0.6 is 0 Å². The van der Waals surface area contributed by atoms with Crippen molar-refractivity contribution in [3.63, 3.8) is 0 Å². The number of rotatable bonds is 0. The van der Waals surface area contributed by atoms with Crippen molar-refractivity contribution in [1.82, 2.24) is 0 Å². The van der Waals surface area contributed by atoms with E-state index in [1.54, 1.807) is 0 Å². The van der Waals surface area contributed by atoms with Crippen LogP contribution in [0.5, 0.6) is 0 Å². The van der Waals surface area contributed by atoms with Crippen LogP contribution in [0.2, 0.25) is 0 Å². The maximum Gasteiger partial charge on any atom is 1.00 e. The molecule has 0 bridgehead atoms. The van der Waals surface area contributed by atoms with Crippen molar-refractivity contribution < 1.29 is 39.9 Å². The molecule has 0 rings (SSSR count). The Morgan fingerprint density at radius 1 is 1.14 bits per heavy atom. The summed E-state index contributed by atoms with van der Waals surface area (Å²) >= 11 is 0. The monoisotopic (exact) mass is 298 g/mol. The van der Waals surface area contributed by atoms with Crippen LogP contribution in [0.4, 0.5) is 17.6 Å². The van der Waals surface area contributed by atoms with Crippen LogP contribution in [0.25, 0.3) is 0 Å². The largest absolute Gasteiger partial charge is 1.00 e. The van der Waals surface area contributed by atoms with E-state index in [9.17, 15) is 17.6 Å². The van der Waals surface area contributed by atoms with E-state index in [0.717, 1.165) is 0 Å². The molecule has 0 saturated heterocycles. The molecule has 0 aromatic heterocycles. The zero-order valence-corrected chi connectivity index (χ0v) is 5.06. The summed E-state index contributed by atoms with van der Waals surface area (Å²) in [5.41, 5.74) is 0. The third-order valence-electron chi connectivity index (χ3n) is 0.124. The molecule has 48 valence electrons. The zero-order valence-electron chi connectivity index (χ0n) is 2.89. The molecule has 0 amide bonds. The fraction of sp³-hybridized carbons (Fsp3) is 0.500. The Bertz CT molecular complexity index is 39.4. The minimum atomic E-state index is -4.75. The maximum absolute atomic E-state index is 10.4. The molecule has 7 heavy (non-hydrogen) atoms. The molecule has 0 aromatic carbocycles. The Labute approximate surface area is 53.4 Å². The van der Waals surface area contributed by atoms with E-state index in [4.69, 9.17) is 0 Å². The molecule has 0 aliphatic rings. The van der Waals surface area contributed by atoms with Gasteiger partial charge in [0.25, 0.3) is 6.18 Å². The van der Waals surface area contributed by atoms with Crippen LogP contribution in [0.1, 0.15) is 0 Å². The number of hydrogen-bond acceptors (Lipinski definition) is 0. The third-order valence-corrected chi connectivity index (χ3v) is 0.124. The van der Waals surface area contributed by atoms with Crippen LogP contribution < -0.4 is 0 Å². The molecule has 0 heterocycles. The molecule has 0 aliphatic heterocycles. The standard InChI is InChI=1S/C2HF4.Au/c3-1-2(4,5)6;/h1H;/q-1;+1. The van der Waals surface area contributed by atoms with Gasteiger partial charge >= 0.3 is 22.4 Å². The molecule has 0 aliphatic carbocycles. The summed E-state index contributed by atoms with van der Waals surface area (Å²) in [6.45, 7) is -1.31. The predicted octanol–water partition coefficient (Wildman–Crippen LogP) is 1.68. The molecular formula is C2HAuF4. The molecule has 0 fully saturated rings. The van der Waals surface area contributed by atoms with E-state index >= 15 is 0 Å². The van der Waals surface area contributed by atoms with Crippen molar-refractivity contribution in [2.75, 3.05) is 0 Å². The molecule has 0 radical (unpaired) electrons. The van der Waals surface area contributed by atoms with Crippen molar-refractivity contribution in [2.24, 2.45) is 0 Å². The second kappa shape index (κ2) is 3.46. The molecule has 0 atom stereocenters. The number of halogens is 4. The summed E-state index contributed by atoms with van der Waals surface area (Å²) in [4.78, 5) is 0. The van der Waals surface area contributed by atoms with Crippen LogP contribution in [-0.2, 0) is 22.4 Å². The summed E-state index contributed by atoms with van der Waals surface area (Å²) in [7, 11) is 0. The fourth-order valence-electron chi connectivity index (χ4n) is 0. The number of alkyl halides is 3. The molecule has 0 aromatic rings. The molecule has 5 heteroatoms. The van der Waals surface area contributed by atoms with Gasteiger partial charge in [-0.2, -0.15) is 0 Å². The topological polar surface area (TPSA) is 0 Å². The fourth-order valence-corrected chi connectivity index (χ4v) is 0. The summed E-state index contributed by atoms with van der Waals surface area (Å²) in [6, 6.07) is 0. The molecular weight excluding hydrogens is 297 g/mol. The van der Waals surface area contributed by atoms with E-state index in [2.05, 4.69) is 0 Å². The van der Waals surface area contributed by atoms with E-state index < -0.39 is 12.9 Å². The van der Waals surface area contributed by atoms with Gasteiger partial charge < -0.3 is 4.39 Å². The second-order valence-electron chi connectivity index (χ2n) is 0.651. The van der Waals surface area contributed by atoms with Crippen molar-refractivity contribution in [3.8, 4) is 0 Å². The van der Waals surface area contributed by atoms with Crippen molar-refractivity contribution in [2.45, 2.75) is 6.18 Å². The van der Waals surface area contributed by atoms with Gasteiger partial charge in [0.15, 0.2) is 0 Å². The van der Waals surface area contributed by atoms with Gasteiger partial charge in [0.2, 0.25) is 0 Å². The van der Waals surface area contributed by atoms with E-state index in [0.29, 0.717) is 0 Å². The summed E-state index contributed by atoms with van der Waals surface area (Å²) in [6.07, 6.45) is -4.75. The quantitative estimate of drug-likeness (QED) is 0.363. The first-order chi connectivity index (χ1) is 2.56. The number of hydrogen-bond donors (Lipinski definition) is 0. The smallest absolute Gasteiger partial charge is 0.451 e. The van der Waals surface area contributed by atoms with Gasteiger partial charge in [-0.25, -0.2) is 13.2 Å². The van der Waals surface area contributed by atoms with Gasteiger partial charge in [0, 0.05) is 0 Å². The Balaban J connectivity index is 0. The first kappa shape index (κ1) is 10.4. The summed E-state index contributed by atoms with van der Waals surface area (Å²) in [5, 5.41) is 0.